The maximum Gasteiger partial charge on any atom is 0.407 e. The SMILES string of the molecule is CC(C)NC(=O)O[C@@H]1CC[C@H](c2cc(Nc3nc(C4CCNCC4)cn4nccc34)n[nH]2)[C@H]1F. The molecule has 0 unspecified atom stereocenters. The number of carbonyl (C=O) groups is 1. The maximum absolute atomic E-state index is 15.1. The van der Waals surface area contributed by atoms with Gasteiger partial charge in [-0.05, 0) is 58.7 Å². The molecule has 0 bridgehead atoms. The molecule has 1 aliphatic carbocycles. The lowest BCUT2D eigenvalue weighted by Gasteiger charge is -2.22. The van der Waals surface area contributed by atoms with E-state index in [9.17, 15) is 4.79 Å². The summed E-state index contributed by atoms with van der Waals surface area (Å²) in [5.74, 6) is 1.19. The lowest BCUT2D eigenvalue weighted by atomic mass is 9.95. The third-order valence-corrected chi connectivity index (χ3v) is 6.58. The van der Waals surface area contributed by atoms with E-state index in [1.165, 1.54) is 0 Å². The summed E-state index contributed by atoms with van der Waals surface area (Å²) in [7, 11) is 0. The molecule has 0 aromatic carbocycles. The number of aromatic nitrogens is 5. The molecule has 1 saturated heterocycles. The van der Waals surface area contributed by atoms with Crippen LogP contribution in [0.25, 0.3) is 5.52 Å². The summed E-state index contributed by atoms with van der Waals surface area (Å²) in [6, 6.07) is 3.64. The van der Waals surface area contributed by atoms with E-state index in [1.54, 1.807) is 12.3 Å². The number of nitrogens with one attached hydrogen (secondary N) is 4. The van der Waals surface area contributed by atoms with Crippen LogP contribution in [0.4, 0.5) is 20.8 Å². The second kappa shape index (κ2) is 9.57. The van der Waals surface area contributed by atoms with Crippen molar-refractivity contribution in [1.82, 2.24) is 35.4 Å². The lowest BCUT2D eigenvalue weighted by Crippen LogP contribution is -2.36. The van der Waals surface area contributed by atoms with E-state index in [-0.39, 0.29) is 6.04 Å². The van der Waals surface area contributed by atoms with Crippen molar-refractivity contribution in [3.8, 4) is 0 Å². The Morgan fingerprint density at radius 1 is 1.26 bits per heavy atom. The number of anilines is 2. The highest BCUT2D eigenvalue weighted by Gasteiger charge is 2.41. The number of piperidine rings is 1. The van der Waals surface area contributed by atoms with Crippen molar-refractivity contribution in [3.63, 3.8) is 0 Å². The molecule has 182 valence electrons. The number of alkyl carbamates (subject to hydrolysis) is 1. The normalized spacial score (nSPS) is 23.5. The molecular formula is C23H31FN8O2. The van der Waals surface area contributed by atoms with Crippen LogP contribution in [0, 0.1) is 0 Å². The van der Waals surface area contributed by atoms with Gasteiger partial charge in [-0.1, -0.05) is 0 Å². The minimum atomic E-state index is -1.30. The number of carbonyl (C=O) groups excluding carboxylic acids is 1. The molecule has 1 saturated carbocycles. The van der Waals surface area contributed by atoms with Gasteiger partial charge in [-0.15, -0.1) is 0 Å². The minimum Gasteiger partial charge on any atom is -0.443 e. The highest BCUT2D eigenvalue weighted by atomic mass is 19.1. The van der Waals surface area contributed by atoms with Gasteiger partial charge in [-0.25, -0.2) is 18.7 Å². The zero-order chi connectivity index (χ0) is 23.7. The minimum absolute atomic E-state index is 0.0619. The number of rotatable bonds is 6. The monoisotopic (exact) mass is 470 g/mol. The summed E-state index contributed by atoms with van der Waals surface area (Å²) in [6.07, 6.45) is 4.19. The number of hydrogen-bond donors (Lipinski definition) is 4. The van der Waals surface area contributed by atoms with Gasteiger partial charge in [0.05, 0.1) is 18.1 Å². The Bertz CT molecular complexity index is 1140. The van der Waals surface area contributed by atoms with Crippen molar-refractivity contribution in [2.24, 2.45) is 0 Å². The molecule has 0 spiro atoms. The van der Waals surface area contributed by atoms with E-state index in [2.05, 4.69) is 31.2 Å². The van der Waals surface area contributed by atoms with E-state index in [0.29, 0.717) is 36.1 Å². The first kappa shape index (κ1) is 22.6. The van der Waals surface area contributed by atoms with Crippen molar-refractivity contribution < 1.29 is 13.9 Å². The van der Waals surface area contributed by atoms with Crippen LogP contribution in [0.3, 0.4) is 0 Å². The predicted octanol–water partition coefficient (Wildman–Crippen LogP) is 3.38. The number of amides is 1. The molecule has 4 heterocycles. The summed E-state index contributed by atoms with van der Waals surface area (Å²) in [5.41, 5.74) is 2.51. The second-order valence-electron chi connectivity index (χ2n) is 9.40. The van der Waals surface area contributed by atoms with Gasteiger partial charge < -0.3 is 20.7 Å². The quantitative estimate of drug-likeness (QED) is 0.436. The van der Waals surface area contributed by atoms with E-state index >= 15 is 4.39 Å². The molecule has 11 heteroatoms. The number of alkyl halides is 1. The summed E-state index contributed by atoms with van der Waals surface area (Å²) in [6.45, 7) is 5.62. The zero-order valence-electron chi connectivity index (χ0n) is 19.4. The Balaban J connectivity index is 1.30. The van der Waals surface area contributed by atoms with Crippen molar-refractivity contribution in [1.29, 1.82) is 0 Å². The van der Waals surface area contributed by atoms with Crippen LogP contribution < -0.4 is 16.0 Å². The second-order valence-corrected chi connectivity index (χ2v) is 9.40. The molecule has 3 aromatic heterocycles. The van der Waals surface area contributed by atoms with Crippen LogP contribution in [0.1, 0.15) is 62.8 Å². The molecule has 3 aromatic rings. The number of aromatic amines is 1. The smallest absolute Gasteiger partial charge is 0.407 e. The molecule has 2 fully saturated rings. The van der Waals surface area contributed by atoms with Crippen LogP contribution in [0.2, 0.25) is 0 Å². The molecular weight excluding hydrogens is 439 g/mol. The fraction of sp³-hybridized carbons (Fsp3) is 0.565. The van der Waals surface area contributed by atoms with E-state index < -0.39 is 24.3 Å². The fourth-order valence-electron chi connectivity index (χ4n) is 4.84. The molecule has 5 rings (SSSR count). The van der Waals surface area contributed by atoms with E-state index in [1.807, 2.05) is 30.6 Å². The fourth-order valence-corrected chi connectivity index (χ4v) is 4.84. The van der Waals surface area contributed by atoms with Gasteiger partial charge in [0.15, 0.2) is 11.6 Å². The average molecular weight is 471 g/mol. The van der Waals surface area contributed by atoms with Crippen LogP contribution >= 0.6 is 0 Å². The molecule has 4 N–H and O–H groups in total. The highest BCUT2D eigenvalue weighted by molar-refractivity contribution is 5.72. The van der Waals surface area contributed by atoms with Crippen molar-refractivity contribution in [2.75, 3.05) is 18.4 Å². The number of ether oxygens (including phenoxy) is 1. The van der Waals surface area contributed by atoms with Gasteiger partial charge >= 0.3 is 6.09 Å². The molecule has 0 radical (unpaired) electrons. The van der Waals surface area contributed by atoms with E-state index in [4.69, 9.17) is 9.72 Å². The summed E-state index contributed by atoms with van der Waals surface area (Å²) >= 11 is 0. The van der Waals surface area contributed by atoms with Gasteiger partial charge in [-0.3, -0.25) is 5.10 Å². The Hall–Kier alpha value is -3.21. The standard InChI is InChI=1S/C23H31FN8O2/c1-13(2)27-23(33)34-19-4-3-15(21(19)24)16-11-20(31-30-16)29-22-18-7-10-26-32(18)12-17(28-22)14-5-8-25-9-6-14/h7,10-15,19,21,25H,3-6,8-9H2,1-2H3,(H,27,33)(H2,28,29,30,31)/t15-,19-,21-/m1/s1. The van der Waals surface area contributed by atoms with Crippen molar-refractivity contribution in [3.05, 3.63) is 35.9 Å². The number of nitrogens with zero attached hydrogens (tertiary/aromatic N) is 4. The summed E-state index contributed by atoms with van der Waals surface area (Å²) in [4.78, 5) is 16.8. The molecule has 3 atom stereocenters. The summed E-state index contributed by atoms with van der Waals surface area (Å²) < 4.78 is 22.2. The van der Waals surface area contributed by atoms with Gasteiger partial charge in [0.25, 0.3) is 0 Å². The Labute approximate surface area is 197 Å². The first-order valence-corrected chi connectivity index (χ1v) is 12.0. The maximum atomic E-state index is 15.1. The van der Waals surface area contributed by atoms with Gasteiger partial charge in [0.2, 0.25) is 0 Å². The Kier molecular flexibility index (Phi) is 6.36. The van der Waals surface area contributed by atoms with Gasteiger partial charge in [0, 0.05) is 29.6 Å². The van der Waals surface area contributed by atoms with Crippen LogP contribution in [-0.2, 0) is 4.74 Å². The highest BCUT2D eigenvalue weighted by Crippen LogP contribution is 2.38. The van der Waals surface area contributed by atoms with Crippen molar-refractivity contribution >= 4 is 23.2 Å². The molecule has 1 amide bonds. The Morgan fingerprint density at radius 2 is 2.09 bits per heavy atom. The van der Waals surface area contributed by atoms with Crippen LogP contribution in [0.15, 0.2) is 24.5 Å². The zero-order valence-corrected chi connectivity index (χ0v) is 19.4. The lowest BCUT2D eigenvalue weighted by molar-refractivity contribution is 0.0555. The average Bonchev–Trinajstić information content (AvgIpc) is 3.55. The third-order valence-electron chi connectivity index (χ3n) is 6.58. The molecule has 2 aliphatic rings. The third kappa shape index (κ3) is 4.70. The predicted molar refractivity (Wildman–Crippen MR) is 125 cm³/mol. The van der Waals surface area contributed by atoms with Gasteiger partial charge in [0.1, 0.15) is 17.8 Å². The summed E-state index contributed by atoms with van der Waals surface area (Å²) in [5, 5.41) is 21.0. The van der Waals surface area contributed by atoms with Crippen molar-refractivity contribution in [2.45, 2.75) is 69.7 Å². The molecule has 34 heavy (non-hydrogen) atoms. The molecule has 1 aliphatic heterocycles. The van der Waals surface area contributed by atoms with Crippen LogP contribution in [0.5, 0.6) is 0 Å². The topological polar surface area (TPSA) is 121 Å². The number of H-pyrrole nitrogens is 1. The largest absolute Gasteiger partial charge is 0.443 e. The number of hydrogen-bond acceptors (Lipinski definition) is 7. The Morgan fingerprint density at radius 3 is 2.88 bits per heavy atom. The van der Waals surface area contributed by atoms with Gasteiger partial charge in [-0.2, -0.15) is 10.2 Å². The molecule has 10 nitrogen and oxygen atoms in total. The first-order chi connectivity index (χ1) is 16.5. The van der Waals surface area contributed by atoms with E-state index in [0.717, 1.165) is 37.1 Å². The number of halogens is 1. The number of fused-ring (bicyclic) bond motifs is 1. The first-order valence-electron chi connectivity index (χ1n) is 12.0. The van der Waals surface area contributed by atoms with Crippen LogP contribution in [-0.4, -0.2) is 62.3 Å².